The second kappa shape index (κ2) is 10.2. The lowest BCUT2D eigenvalue weighted by atomic mass is 10.1. The molecule has 0 atom stereocenters. The number of amides is 1. The van der Waals surface area contributed by atoms with Crippen molar-refractivity contribution in [1.82, 2.24) is 10.1 Å². The van der Waals surface area contributed by atoms with Gasteiger partial charge in [0.05, 0.1) is 18.4 Å². The molecule has 0 aliphatic rings. The number of carbonyl (C=O) groups is 1. The summed E-state index contributed by atoms with van der Waals surface area (Å²) in [5, 5.41) is 4.61. The maximum Gasteiger partial charge on any atom is 0.246 e. The SMILES string of the molecule is COc1cc(C=CC(=O)N(C)Cc2ccc(Cl)cc2)ccc1OCc1c(C)noc1C. The predicted molar refractivity (Wildman–Crippen MR) is 120 cm³/mol. The number of methoxy groups -OCH3 is 1. The highest BCUT2D eigenvalue weighted by Crippen LogP contribution is 2.30. The maximum absolute atomic E-state index is 12.4. The number of hydrogen-bond donors (Lipinski definition) is 0. The number of aryl methyl sites for hydroxylation is 2. The van der Waals surface area contributed by atoms with Gasteiger partial charge >= 0.3 is 0 Å². The van der Waals surface area contributed by atoms with Crippen molar-refractivity contribution in [2.45, 2.75) is 27.0 Å². The van der Waals surface area contributed by atoms with Gasteiger partial charge in [-0.1, -0.05) is 35.0 Å². The van der Waals surface area contributed by atoms with Gasteiger partial charge in [0.2, 0.25) is 5.91 Å². The van der Waals surface area contributed by atoms with Crippen LogP contribution in [0.5, 0.6) is 11.5 Å². The molecule has 3 aromatic rings. The van der Waals surface area contributed by atoms with Crippen molar-refractivity contribution in [2.75, 3.05) is 14.2 Å². The minimum atomic E-state index is -0.104. The van der Waals surface area contributed by atoms with E-state index in [1.165, 1.54) is 6.08 Å². The molecule has 0 unspecified atom stereocenters. The first kappa shape index (κ1) is 22.4. The largest absolute Gasteiger partial charge is 0.493 e. The quantitative estimate of drug-likeness (QED) is 0.450. The Labute approximate surface area is 187 Å². The van der Waals surface area contributed by atoms with Gasteiger partial charge in [0, 0.05) is 24.7 Å². The molecular weight excluding hydrogens is 416 g/mol. The van der Waals surface area contributed by atoms with E-state index in [0.717, 1.165) is 28.1 Å². The number of ether oxygens (including phenoxy) is 2. The summed E-state index contributed by atoms with van der Waals surface area (Å²) in [5.74, 6) is 1.81. The van der Waals surface area contributed by atoms with Crippen LogP contribution < -0.4 is 9.47 Å². The van der Waals surface area contributed by atoms with Gasteiger partial charge < -0.3 is 18.9 Å². The molecule has 31 heavy (non-hydrogen) atoms. The molecule has 0 bridgehead atoms. The summed E-state index contributed by atoms with van der Waals surface area (Å²) in [4.78, 5) is 14.1. The topological polar surface area (TPSA) is 64.8 Å². The smallest absolute Gasteiger partial charge is 0.246 e. The summed E-state index contributed by atoms with van der Waals surface area (Å²) in [6, 6.07) is 12.9. The molecule has 1 aromatic heterocycles. The van der Waals surface area contributed by atoms with Gasteiger partial charge in [-0.15, -0.1) is 0 Å². The average Bonchev–Trinajstić information content (AvgIpc) is 3.09. The summed E-state index contributed by atoms with van der Waals surface area (Å²) in [6.07, 6.45) is 3.29. The summed E-state index contributed by atoms with van der Waals surface area (Å²) < 4.78 is 16.5. The second-order valence-electron chi connectivity index (χ2n) is 7.16. The van der Waals surface area contributed by atoms with Gasteiger partial charge in [-0.25, -0.2) is 0 Å². The molecule has 0 N–H and O–H groups in total. The predicted octanol–water partition coefficient (Wildman–Crippen LogP) is 5.20. The van der Waals surface area contributed by atoms with Crippen LogP contribution in [0.1, 0.15) is 28.1 Å². The molecule has 7 heteroatoms. The van der Waals surface area contributed by atoms with Gasteiger partial charge in [-0.3, -0.25) is 4.79 Å². The van der Waals surface area contributed by atoms with E-state index in [2.05, 4.69) is 5.16 Å². The van der Waals surface area contributed by atoms with Gasteiger partial charge in [0.1, 0.15) is 12.4 Å². The molecule has 1 heterocycles. The Balaban J connectivity index is 1.63. The van der Waals surface area contributed by atoms with E-state index in [1.54, 1.807) is 25.1 Å². The molecule has 0 saturated heterocycles. The summed E-state index contributed by atoms with van der Waals surface area (Å²) in [5.41, 5.74) is 3.56. The molecule has 0 fully saturated rings. The normalized spacial score (nSPS) is 11.0. The Morgan fingerprint density at radius 3 is 2.55 bits per heavy atom. The van der Waals surface area contributed by atoms with Crippen molar-refractivity contribution in [3.8, 4) is 11.5 Å². The molecule has 0 saturated carbocycles. The monoisotopic (exact) mass is 440 g/mol. The summed E-state index contributed by atoms with van der Waals surface area (Å²) >= 11 is 5.91. The van der Waals surface area contributed by atoms with Crippen molar-refractivity contribution in [1.29, 1.82) is 0 Å². The molecule has 162 valence electrons. The van der Waals surface area contributed by atoms with Crippen molar-refractivity contribution in [3.63, 3.8) is 0 Å². The zero-order valence-electron chi connectivity index (χ0n) is 18.0. The number of hydrogen-bond acceptors (Lipinski definition) is 5. The lowest BCUT2D eigenvalue weighted by molar-refractivity contribution is -0.125. The molecular formula is C24H25ClN2O4. The van der Waals surface area contributed by atoms with Gasteiger partial charge in [0.15, 0.2) is 11.5 Å². The van der Waals surface area contributed by atoms with Crippen LogP contribution in [0, 0.1) is 13.8 Å². The zero-order chi connectivity index (χ0) is 22.4. The number of halogens is 1. The zero-order valence-corrected chi connectivity index (χ0v) is 18.8. The Morgan fingerprint density at radius 2 is 1.90 bits per heavy atom. The molecule has 0 radical (unpaired) electrons. The van der Waals surface area contributed by atoms with Crippen LogP contribution >= 0.6 is 11.6 Å². The Hall–Kier alpha value is -3.25. The number of carbonyl (C=O) groups excluding carboxylic acids is 1. The minimum Gasteiger partial charge on any atom is -0.493 e. The maximum atomic E-state index is 12.4. The first-order chi connectivity index (χ1) is 14.9. The van der Waals surface area contributed by atoms with Gasteiger partial charge in [-0.2, -0.15) is 0 Å². The third-order valence-electron chi connectivity index (χ3n) is 4.87. The van der Waals surface area contributed by atoms with E-state index in [-0.39, 0.29) is 5.91 Å². The van der Waals surface area contributed by atoms with Crippen LogP contribution in [0.15, 0.2) is 53.1 Å². The van der Waals surface area contributed by atoms with E-state index in [1.807, 2.05) is 56.3 Å². The average molecular weight is 441 g/mol. The standard InChI is InChI=1S/C24H25ClN2O4/c1-16-21(17(2)31-26-16)15-30-22-11-7-18(13-23(22)29-4)8-12-24(28)27(3)14-19-5-9-20(25)10-6-19/h5-13H,14-15H2,1-4H3. The van der Waals surface area contributed by atoms with Crippen LogP contribution in [0.3, 0.4) is 0 Å². The minimum absolute atomic E-state index is 0.104. The fourth-order valence-corrected chi connectivity index (χ4v) is 3.13. The first-order valence-electron chi connectivity index (χ1n) is 9.77. The highest BCUT2D eigenvalue weighted by Gasteiger charge is 2.12. The first-order valence-corrected chi connectivity index (χ1v) is 10.2. The van der Waals surface area contributed by atoms with Crippen LogP contribution in [0.2, 0.25) is 5.02 Å². The van der Waals surface area contributed by atoms with E-state index in [0.29, 0.717) is 29.7 Å². The lowest BCUT2D eigenvalue weighted by Gasteiger charge is -2.15. The molecule has 0 aliphatic heterocycles. The van der Waals surface area contributed by atoms with E-state index >= 15 is 0 Å². The molecule has 2 aromatic carbocycles. The van der Waals surface area contributed by atoms with Crippen molar-refractivity contribution >= 4 is 23.6 Å². The Bertz CT molecular complexity index is 1050. The van der Waals surface area contributed by atoms with Gasteiger partial charge in [0.25, 0.3) is 0 Å². The highest BCUT2D eigenvalue weighted by atomic mass is 35.5. The van der Waals surface area contributed by atoms with Crippen molar-refractivity contribution in [3.05, 3.63) is 81.7 Å². The van der Waals surface area contributed by atoms with E-state index in [9.17, 15) is 4.79 Å². The third-order valence-corrected chi connectivity index (χ3v) is 5.12. The molecule has 1 amide bonds. The number of aromatic nitrogens is 1. The number of rotatable bonds is 8. The fraction of sp³-hybridized carbons (Fsp3) is 0.250. The number of likely N-dealkylation sites (N-methyl/N-ethyl adjacent to an activating group) is 1. The molecule has 6 nitrogen and oxygen atoms in total. The van der Waals surface area contributed by atoms with Crippen molar-refractivity contribution in [2.24, 2.45) is 0 Å². The summed E-state index contributed by atoms with van der Waals surface area (Å²) in [7, 11) is 3.34. The molecule has 0 aliphatic carbocycles. The van der Waals surface area contributed by atoms with Crippen LogP contribution in [-0.4, -0.2) is 30.1 Å². The van der Waals surface area contributed by atoms with Crippen molar-refractivity contribution < 1.29 is 18.8 Å². The highest BCUT2D eigenvalue weighted by molar-refractivity contribution is 6.30. The van der Waals surface area contributed by atoms with Crippen LogP contribution in [0.25, 0.3) is 6.08 Å². The molecule has 0 spiro atoms. The van der Waals surface area contributed by atoms with Crippen LogP contribution in [-0.2, 0) is 17.9 Å². The summed E-state index contributed by atoms with van der Waals surface area (Å²) in [6.45, 7) is 4.56. The van der Waals surface area contributed by atoms with E-state index < -0.39 is 0 Å². The Kier molecular flexibility index (Phi) is 7.36. The third kappa shape index (κ3) is 5.89. The fourth-order valence-electron chi connectivity index (χ4n) is 3.00. The number of benzene rings is 2. The lowest BCUT2D eigenvalue weighted by Crippen LogP contribution is -2.24. The van der Waals surface area contributed by atoms with Crippen LogP contribution in [0.4, 0.5) is 0 Å². The Morgan fingerprint density at radius 1 is 1.16 bits per heavy atom. The molecule has 3 rings (SSSR count). The number of nitrogens with zero attached hydrogens (tertiary/aromatic N) is 2. The second-order valence-corrected chi connectivity index (χ2v) is 7.59. The van der Waals surface area contributed by atoms with Gasteiger partial charge in [-0.05, 0) is 55.3 Å². The van der Waals surface area contributed by atoms with E-state index in [4.69, 9.17) is 25.6 Å².